The van der Waals surface area contributed by atoms with Gasteiger partial charge in [0.05, 0.1) is 24.2 Å². The highest BCUT2D eigenvalue weighted by Crippen LogP contribution is 2.26. The van der Waals surface area contributed by atoms with E-state index in [1.54, 1.807) is 11.4 Å². The smallest absolute Gasteiger partial charge is 0.312 e. The number of nitrogens with zero attached hydrogens (tertiary/aromatic N) is 2. The zero-order chi connectivity index (χ0) is 23.2. The van der Waals surface area contributed by atoms with Crippen LogP contribution >= 0.6 is 34.3 Å². The number of aromatic nitrogens is 2. The molecule has 9 heteroatoms. The first-order valence-electron chi connectivity index (χ1n) is 10.1. The van der Waals surface area contributed by atoms with Crippen LogP contribution in [0.4, 0.5) is 5.69 Å². The van der Waals surface area contributed by atoms with Crippen LogP contribution in [0.15, 0.2) is 59.3 Å². The standard InChI is InChI=1S/C24H20ClN3O3S2/c1-15-5-7-18(8-6-15)26-21(29)11-22-27-20(14-32-22)12-31-23(30)10-19-13-33-24(28-19)16-3-2-4-17(25)9-16/h2-9,13-14H,10-12H2,1H3,(H,26,29). The number of esters is 1. The Hall–Kier alpha value is -3.07. The van der Waals surface area contributed by atoms with E-state index < -0.39 is 0 Å². The fraction of sp³-hybridized carbons (Fsp3) is 0.167. The third-order valence-electron chi connectivity index (χ3n) is 4.58. The van der Waals surface area contributed by atoms with Gasteiger partial charge in [-0.2, -0.15) is 0 Å². The Bertz CT molecular complexity index is 1270. The van der Waals surface area contributed by atoms with Crippen molar-refractivity contribution in [1.82, 2.24) is 9.97 Å². The van der Waals surface area contributed by atoms with Gasteiger partial charge in [0, 0.05) is 27.0 Å². The van der Waals surface area contributed by atoms with Crippen molar-refractivity contribution in [3.63, 3.8) is 0 Å². The zero-order valence-electron chi connectivity index (χ0n) is 17.7. The number of nitrogens with one attached hydrogen (secondary N) is 1. The number of halogens is 1. The second-order valence-electron chi connectivity index (χ2n) is 7.32. The Morgan fingerprint density at radius 1 is 1.00 bits per heavy atom. The van der Waals surface area contributed by atoms with Crippen molar-refractivity contribution in [2.45, 2.75) is 26.4 Å². The second-order valence-corrected chi connectivity index (χ2v) is 9.55. The highest BCUT2D eigenvalue weighted by Gasteiger charge is 2.13. The zero-order valence-corrected chi connectivity index (χ0v) is 20.1. The highest BCUT2D eigenvalue weighted by atomic mass is 35.5. The second kappa shape index (κ2) is 10.7. The van der Waals surface area contributed by atoms with Crippen molar-refractivity contribution in [1.29, 1.82) is 0 Å². The number of carbonyl (C=O) groups excluding carboxylic acids is 2. The number of benzene rings is 2. The molecule has 1 amide bonds. The number of hydrogen-bond donors (Lipinski definition) is 1. The predicted molar refractivity (Wildman–Crippen MR) is 132 cm³/mol. The average molecular weight is 498 g/mol. The van der Waals surface area contributed by atoms with Gasteiger partial charge in [-0.3, -0.25) is 9.59 Å². The van der Waals surface area contributed by atoms with E-state index in [1.807, 2.05) is 54.8 Å². The number of carbonyl (C=O) groups is 2. The van der Waals surface area contributed by atoms with E-state index in [2.05, 4.69) is 15.3 Å². The van der Waals surface area contributed by atoms with Crippen LogP contribution in [0, 0.1) is 6.92 Å². The van der Waals surface area contributed by atoms with Gasteiger partial charge in [0.25, 0.3) is 0 Å². The number of anilines is 1. The fourth-order valence-electron chi connectivity index (χ4n) is 2.97. The van der Waals surface area contributed by atoms with Crippen LogP contribution in [-0.4, -0.2) is 21.8 Å². The summed E-state index contributed by atoms with van der Waals surface area (Å²) in [5, 5.41) is 8.58. The fourth-order valence-corrected chi connectivity index (χ4v) is 4.76. The molecule has 0 radical (unpaired) electrons. The predicted octanol–water partition coefficient (Wildman–Crippen LogP) is 5.70. The molecule has 2 aromatic heterocycles. The van der Waals surface area contributed by atoms with Gasteiger partial charge in [0.2, 0.25) is 5.91 Å². The summed E-state index contributed by atoms with van der Waals surface area (Å²) in [7, 11) is 0. The van der Waals surface area contributed by atoms with Crippen LogP contribution in [-0.2, 0) is 33.8 Å². The van der Waals surface area contributed by atoms with Crippen molar-refractivity contribution >= 4 is 51.8 Å². The molecule has 0 aliphatic rings. The van der Waals surface area contributed by atoms with Gasteiger partial charge in [-0.15, -0.1) is 22.7 Å². The number of rotatable bonds is 8. The first-order chi connectivity index (χ1) is 15.9. The van der Waals surface area contributed by atoms with Crippen LogP contribution in [0.5, 0.6) is 0 Å². The number of amides is 1. The quantitative estimate of drug-likeness (QED) is 0.316. The summed E-state index contributed by atoms with van der Waals surface area (Å²) in [5.41, 5.74) is 4.05. The molecule has 1 N–H and O–H groups in total. The van der Waals surface area contributed by atoms with Gasteiger partial charge in [0.15, 0.2) is 0 Å². The minimum Gasteiger partial charge on any atom is -0.459 e. The van der Waals surface area contributed by atoms with E-state index >= 15 is 0 Å². The van der Waals surface area contributed by atoms with E-state index in [4.69, 9.17) is 16.3 Å². The lowest BCUT2D eigenvalue weighted by atomic mass is 10.2. The topological polar surface area (TPSA) is 81.2 Å². The first-order valence-corrected chi connectivity index (χ1v) is 12.2. The lowest BCUT2D eigenvalue weighted by Gasteiger charge is -2.04. The van der Waals surface area contributed by atoms with Gasteiger partial charge in [-0.25, -0.2) is 9.97 Å². The van der Waals surface area contributed by atoms with E-state index in [-0.39, 0.29) is 31.3 Å². The van der Waals surface area contributed by atoms with Crippen LogP contribution in [0.25, 0.3) is 10.6 Å². The molecule has 0 spiro atoms. The van der Waals surface area contributed by atoms with Gasteiger partial charge in [-0.05, 0) is 31.2 Å². The van der Waals surface area contributed by atoms with E-state index in [0.29, 0.717) is 21.4 Å². The minimum atomic E-state index is -0.385. The van der Waals surface area contributed by atoms with E-state index in [9.17, 15) is 9.59 Å². The molecule has 0 aliphatic carbocycles. The van der Waals surface area contributed by atoms with Gasteiger partial charge in [0.1, 0.15) is 16.6 Å². The summed E-state index contributed by atoms with van der Waals surface area (Å²) < 4.78 is 5.34. The molecule has 33 heavy (non-hydrogen) atoms. The number of hydrogen-bond acceptors (Lipinski definition) is 7. The Morgan fingerprint density at radius 2 is 1.79 bits per heavy atom. The number of aryl methyl sites for hydroxylation is 1. The van der Waals surface area contributed by atoms with Crippen molar-refractivity contribution < 1.29 is 14.3 Å². The molecule has 0 atom stereocenters. The summed E-state index contributed by atoms with van der Waals surface area (Å²) in [6, 6.07) is 15.0. The average Bonchev–Trinajstić information content (AvgIpc) is 3.43. The molecule has 0 fully saturated rings. The third kappa shape index (κ3) is 6.71. The molecular weight excluding hydrogens is 478 g/mol. The molecule has 168 valence electrons. The summed E-state index contributed by atoms with van der Waals surface area (Å²) in [6.45, 7) is 2.05. The number of ether oxygens (including phenoxy) is 1. The molecule has 2 heterocycles. The maximum absolute atomic E-state index is 12.2. The third-order valence-corrected chi connectivity index (χ3v) is 6.65. The normalized spacial score (nSPS) is 10.7. The Morgan fingerprint density at radius 3 is 2.58 bits per heavy atom. The van der Waals surface area contributed by atoms with Crippen LogP contribution < -0.4 is 5.32 Å². The summed E-state index contributed by atoms with van der Waals surface area (Å²) in [5.74, 6) is -0.527. The Balaban J connectivity index is 1.25. The Kier molecular flexibility index (Phi) is 7.49. The van der Waals surface area contributed by atoms with Crippen molar-refractivity contribution in [3.05, 3.63) is 86.3 Å². The molecule has 0 aliphatic heterocycles. The van der Waals surface area contributed by atoms with Gasteiger partial charge in [-0.1, -0.05) is 41.4 Å². The van der Waals surface area contributed by atoms with Crippen LogP contribution in [0.3, 0.4) is 0 Å². The number of thiazole rings is 2. The van der Waals surface area contributed by atoms with Crippen LogP contribution in [0.2, 0.25) is 5.02 Å². The first kappa shape index (κ1) is 23.1. The SMILES string of the molecule is Cc1ccc(NC(=O)Cc2nc(COC(=O)Cc3csc(-c4cccc(Cl)c4)n3)cs2)cc1. The molecule has 0 bridgehead atoms. The minimum absolute atomic E-state index is 0.0558. The summed E-state index contributed by atoms with van der Waals surface area (Å²) in [6.07, 6.45) is 0.241. The molecular formula is C24H20ClN3O3S2. The highest BCUT2D eigenvalue weighted by molar-refractivity contribution is 7.13. The molecule has 6 nitrogen and oxygen atoms in total. The van der Waals surface area contributed by atoms with E-state index in [1.165, 1.54) is 22.7 Å². The molecule has 0 unspecified atom stereocenters. The van der Waals surface area contributed by atoms with Crippen molar-refractivity contribution in [2.24, 2.45) is 0 Å². The van der Waals surface area contributed by atoms with Crippen molar-refractivity contribution in [3.8, 4) is 10.6 Å². The van der Waals surface area contributed by atoms with Gasteiger partial charge < -0.3 is 10.1 Å². The largest absolute Gasteiger partial charge is 0.459 e. The molecule has 2 aromatic carbocycles. The van der Waals surface area contributed by atoms with Gasteiger partial charge >= 0.3 is 5.97 Å². The Labute approximate surface area is 204 Å². The molecule has 0 saturated heterocycles. The monoisotopic (exact) mass is 497 g/mol. The van der Waals surface area contributed by atoms with Crippen molar-refractivity contribution in [2.75, 3.05) is 5.32 Å². The lowest BCUT2D eigenvalue weighted by molar-refractivity contribution is -0.144. The summed E-state index contributed by atoms with van der Waals surface area (Å²) >= 11 is 8.85. The lowest BCUT2D eigenvalue weighted by Crippen LogP contribution is -2.14. The van der Waals surface area contributed by atoms with E-state index in [0.717, 1.165) is 21.8 Å². The molecule has 4 rings (SSSR count). The maximum atomic E-state index is 12.2. The maximum Gasteiger partial charge on any atom is 0.312 e. The molecule has 4 aromatic rings. The summed E-state index contributed by atoms with van der Waals surface area (Å²) in [4.78, 5) is 33.3. The van der Waals surface area contributed by atoms with Crippen LogP contribution in [0.1, 0.15) is 22.0 Å². The molecule has 0 saturated carbocycles.